The molecule has 0 aliphatic carbocycles. The number of hydrogen-bond acceptors (Lipinski definition) is 3. The van der Waals surface area contributed by atoms with Crippen LogP contribution in [0.2, 0.25) is 0 Å². The molecule has 26 heavy (non-hydrogen) atoms. The van der Waals surface area contributed by atoms with Gasteiger partial charge >= 0.3 is 0 Å². The van der Waals surface area contributed by atoms with E-state index in [1.807, 2.05) is 54.6 Å². The highest BCUT2D eigenvalue weighted by molar-refractivity contribution is 5.81. The molecule has 0 fully saturated rings. The standard InChI is InChI=1S/C20H26N4O2/c1-21-20(24-15-17-8-10-18(26-2)11-9-17)22-13-12-19(25)23-14-16-6-4-3-5-7-16/h3-11H,12-15H2,1-2H3,(H,23,25)(H2,21,22,24). The van der Waals surface area contributed by atoms with Gasteiger partial charge in [-0.3, -0.25) is 9.79 Å². The number of aliphatic imine (C=N–C) groups is 1. The minimum atomic E-state index is 0.00644. The fourth-order valence-electron chi connectivity index (χ4n) is 2.33. The maximum Gasteiger partial charge on any atom is 0.222 e. The van der Waals surface area contributed by atoms with Gasteiger partial charge in [-0.05, 0) is 23.3 Å². The molecular weight excluding hydrogens is 328 g/mol. The maximum absolute atomic E-state index is 11.9. The van der Waals surface area contributed by atoms with Gasteiger partial charge in [-0.1, -0.05) is 42.5 Å². The number of nitrogens with one attached hydrogen (secondary N) is 3. The first-order chi connectivity index (χ1) is 12.7. The van der Waals surface area contributed by atoms with Crippen LogP contribution >= 0.6 is 0 Å². The quantitative estimate of drug-likeness (QED) is 0.501. The van der Waals surface area contributed by atoms with E-state index >= 15 is 0 Å². The van der Waals surface area contributed by atoms with Crippen LogP contribution in [0.5, 0.6) is 5.75 Å². The first kappa shape index (κ1) is 19.3. The first-order valence-corrected chi connectivity index (χ1v) is 8.59. The second-order valence-electron chi connectivity index (χ2n) is 5.71. The molecule has 0 saturated heterocycles. The Kier molecular flexibility index (Phi) is 7.99. The van der Waals surface area contributed by atoms with Crippen molar-refractivity contribution in [1.82, 2.24) is 16.0 Å². The average molecular weight is 354 g/mol. The summed E-state index contributed by atoms with van der Waals surface area (Å²) >= 11 is 0. The van der Waals surface area contributed by atoms with E-state index in [1.54, 1.807) is 14.2 Å². The third-order valence-electron chi connectivity index (χ3n) is 3.82. The summed E-state index contributed by atoms with van der Waals surface area (Å²) in [6.07, 6.45) is 0.385. The van der Waals surface area contributed by atoms with E-state index in [4.69, 9.17) is 4.74 Å². The second-order valence-corrected chi connectivity index (χ2v) is 5.71. The molecule has 6 nitrogen and oxygen atoms in total. The number of amides is 1. The molecule has 0 saturated carbocycles. The number of carbonyl (C=O) groups is 1. The SMILES string of the molecule is CN=C(NCCC(=O)NCc1ccccc1)NCc1ccc(OC)cc1. The van der Waals surface area contributed by atoms with Crippen LogP contribution in [0.4, 0.5) is 0 Å². The normalized spacial score (nSPS) is 10.9. The van der Waals surface area contributed by atoms with E-state index in [-0.39, 0.29) is 5.91 Å². The number of benzene rings is 2. The van der Waals surface area contributed by atoms with Crippen LogP contribution < -0.4 is 20.7 Å². The Morgan fingerprint density at radius 1 is 0.923 bits per heavy atom. The number of carbonyl (C=O) groups excluding carboxylic acids is 1. The van der Waals surface area contributed by atoms with Crippen LogP contribution in [0.1, 0.15) is 17.5 Å². The number of rotatable bonds is 8. The van der Waals surface area contributed by atoms with Crippen LogP contribution in [0.3, 0.4) is 0 Å². The molecule has 1 amide bonds. The van der Waals surface area contributed by atoms with Crippen LogP contribution in [-0.4, -0.2) is 32.6 Å². The lowest BCUT2D eigenvalue weighted by molar-refractivity contribution is -0.121. The van der Waals surface area contributed by atoms with E-state index in [9.17, 15) is 4.79 Å². The molecule has 2 rings (SSSR count). The molecule has 2 aromatic carbocycles. The summed E-state index contributed by atoms with van der Waals surface area (Å²) in [4.78, 5) is 16.1. The van der Waals surface area contributed by atoms with Crippen LogP contribution in [-0.2, 0) is 17.9 Å². The van der Waals surface area contributed by atoms with Gasteiger partial charge in [0.1, 0.15) is 5.75 Å². The molecule has 0 bridgehead atoms. The van der Waals surface area contributed by atoms with E-state index in [0.29, 0.717) is 32.0 Å². The molecule has 0 aromatic heterocycles. The van der Waals surface area contributed by atoms with Gasteiger partial charge in [-0.2, -0.15) is 0 Å². The zero-order valence-corrected chi connectivity index (χ0v) is 15.3. The lowest BCUT2D eigenvalue weighted by Gasteiger charge is -2.12. The highest BCUT2D eigenvalue weighted by Crippen LogP contribution is 2.10. The van der Waals surface area contributed by atoms with Crippen molar-refractivity contribution in [3.05, 3.63) is 65.7 Å². The topological polar surface area (TPSA) is 74.8 Å². The van der Waals surface area contributed by atoms with Crippen molar-refractivity contribution in [3.8, 4) is 5.75 Å². The molecule has 0 atom stereocenters. The molecule has 3 N–H and O–H groups in total. The van der Waals surface area contributed by atoms with Gasteiger partial charge in [-0.15, -0.1) is 0 Å². The largest absolute Gasteiger partial charge is 0.497 e. The Labute approximate surface area is 154 Å². The van der Waals surface area contributed by atoms with Gasteiger partial charge in [0.25, 0.3) is 0 Å². The van der Waals surface area contributed by atoms with E-state index < -0.39 is 0 Å². The van der Waals surface area contributed by atoms with Crippen molar-refractivity contribution in [2.75, 3.05) is 20.7 Å². The summed E-state index contributed by atoms with van der Waals surface area (Å²) in [5.74, 6) is 1.50. The van der Waals surface area contributed by atoms with E-state index in [1.165, 1.54) is 0 Å². The van der Waals surface area contributed by atoms with Crippen LogP contribution in [0.15, 0.2) is 59.6 Å². The van der Waals surface area contributed by atoms with E-state index in [0.717, 1.165) is 16.9 Å². The second kappa shape index (κ2) is 10.8. The molecule has 0 aliphatic rings. The van der Waals surface area contributed by atoms with Gasteiger partial charge in [-0.25, -0.2) is 0 Å². The van der Waals surface area contributed by atoms with Crippen LogP contribution in [0.25, 0.3) is 0 Å². The summed E-state index contributed by atoms with van der Waals surface area (Å²) in [6.45, 7) is 1.71. The lowest BCUT2D eigenvalue weighted by Crippen LogP contribution is -2.38. The third kappa shape index (κ3) is 6.84. The zero-order valence-electron chi connectivity index (χ0n) is 15.3. The minimum absolute atomic E-state index is 0.00644. The molecule has 0 heterocycles. The predicted molar refractivity (Wildman–Crippen MR) is 104 cm³/mol. The number of guanidine groups is 1. The van der Waals surface area contributed by atoms with Crippen molar-refractivity contribution < 1.29 is 9.53 Å². The highest BCUT2D eigenvalue weighted by atomic mass is 16.5. The summed E-state index contributed by atoms with van der Waals surface area (Å²) < 4.78 is 5.15. The molecule has 0 spiro atoms. The van der Waals surface area contributed by atoms with Crippen LogP contribution in [0, 0.1) is 0 Å². The lowest BCUT2D eigenvalue weighted by atomic mass is 10.2. The first-order valence-electron chi connectivity index (χ1n) is 8.59. The monoisotopic (exact) mass is 354 g/mol. The fourth-order valence-corrected chi connectivity index (χ4v) is 2.33. The van der Waals surface area contributed by atoms with Gasteiger partial charge in [0.05, 0.1) is 7.11 Å². The number of nitrogens with zero attached hydrogens (tertiary/aromatic N) is 1. The third-order valence-corrected chi connectivity index (χ3v) is 3.82. The van der Waals surface area contributed by atoms with Gasteiger partial charge < -0.3 is 20.7 Å². The molecule has 138 valence electrons. The maximum atomic E-state index is 11.9. The van der Waals surface area contributed by atoms with Crippen molar-refractivity contribution >= 4 is 11.9 Å². The zero-order chi connectivity index (χ0) is 18.6. The summed E-state index contributed by atoms with van der Waals surface area (Å²) in [6, 6.07) is 17.7. The van der Waals surface area contributed by atoms with Gasteiger partial charge in [0, 0.05) is 33.1 Å². The Morgan fingerprint density at radius 3 is 2.23 bits per heavy atom. The molecule has 2 aromatic rings. The van der Waals surface area contributed by atoms with Gasteiger partial charge in [0.15, 0.2) is 5.96 Å². The smallest absolute Gasteiger partial charge is 0.222 e. The van der Waals surface area contributed by atoms with Crippen molar-refractivity contribution in [2.45, 2.75) is 19.5 Å². The Bertz CT molecular complexity index is 700. The van der Waals surface area contributed by atoms with Crippen molar-refractivity contribution in [2.24, 2.45) is 4.99 Å². The minimum Gasteiger partial charge on any atom is -0.497 e. The Hall–Kier alpha value is -3.02. The Morgan fingerprint density at radius 2 is 1.58 bits per heavy atom. The molecular formula is C20H26N4O2. The van der Waals surface area contributed by atoms with Gasteiger partial charge in [0.2, 0.25) is 5.91 Å². The molecule has 0 unspecified atom stereocenters. The highest BCUT2D eigenvalue weighted by Gasteiger charge is 2.03. The molecule has 6 heteroatoms. The summed E-state index contributed by atoms with van der Waals surface area (Å²) in [5.41, 5.74) is 2.21. The van der Waals surface area contributed by atoms with E-state index in [2.05, 4.69) is 20.9 Å². The number of hydrogen-bond donors (Lipinski definition) is 3. The Balaban J connectivity index is 1.65. The average Bonchev–Trinajstić information content (AvgIpc) is 2.70. The number of ether oxygens (including phenoxy) is 1. The van der Waals surface area contributed by atoms with Crippen molar-refractivity contribution in [1.29, 1.82) is 0 Å². The molecule has 0 radical (unpaired) electrons. The fraction of sp³-hybridized carbons (Fsp3) is 0.300. The summed E-state index contributed by atoms with van der Waals surface area (Å²) in [5, 5.41) is 9.27. The summed E-state index contributed by atoms with van der Waals surface area (Å²) in [7, 11) is 3.36. The predicted octanol–water partition coefficient (Wildman–Crippen LogP) is 2.07. The molecule has 0 aliphatic heterocycles. The number of methoxy groups -OCH3 is 1. The van der Waals surface area contributed by atoms with Crippen molar-refractivity contribution in [3.63, 3.8) is 0 Å².